The molecule has 1 aliphatic heterocycles. The maximum absolute atomic E-state index is 13.2. The molecule has 6 atom stereocenters. The van der Waals surface area contributed by atoms with E-state index < -0.39 is 67.3 Å². The van der Waals surface area contributed by atoms with Gasteiger partial charge < -0.3 is 39.0 Å². The van der Waals surface area contributed by atoms with E-state index in [2.05, 4.69) is 69.4 Å². The molecule has 0 spiro atoms. The van der Waals surface area contributed by atoms with E-state index in [4.69, 9.17) is 23.7 Å². The number of carboxylic acids is 1. The number of carbonyl (C=O) groups excluding carboxylic acids is 3. The van der Waals surface area contributed by atoms with Gasteiger partial charge in [-0.3, -0.25) is 14.4 Å². The molecule has 0 aromatic carbocycles. The van der Waals surface area contributed by atoms with E-state index in [1.54, 1.807) is 0 Å². The van der Waals surface area contributed by atoms with Crippen molar-refractivity contribution in [1.29, 1.82) is 0 Å². The summed E-state index contributed by atoms with van der Waals surface area (Å²) in [4.78, 5) is 51.3. The SMILES string of the molecule is CCCCC/C=C\C/C=C\CCCCCCCCCC(=O)OCC(COC1OC(C(=O)O)C(O)C(O)C1OC(=O)CCCCCCCCCCCCCCCCC)OC(=O)CCCCCCCCC/C=C\C/C=C\CCCCC. The van der Waals surface area contributed by atoms with E-state index in [1.807, 2.05) is 0 Å². The Balaban J connectivity index is 2.67. The van der Waals surface area contributed by atoms with Crippen molar-refractivity contribution >= 4 is 23.9 Å². The Kier molecular flexibility index (Phi) is 51.5. The van der Waals surface area contributed by atoms with Gasteiger partial charge in [0, 0.05) is 19.3 Å². The van der Waals surface area contributed by atoms with Gasteiger partial charge in [0.15, 0.2) is 24.6 Å². The fourth-order valence-electron chi connectivity index (χ4n) is 9.84. The third kappa shape index (κ3) is 45.0. The normalized spacial score (nSPS) is 18.1. The maximum Gasteiger partial charge on any atom is 0.335 e. The van der Waals surface area contributed by atoms with Gasteiger partial charge >= 0.3 is 23.9 Å². The Morgan fingerprint density at radius 3 is 1.16 bits per heavy atom. The van der Waals surface area contributed by atoms with Gasteiger partial charge in [0.1, 0.15) is 18.8 Å². The summed E-state index contributed by atoms with van der Waals surface area (Å²) >= 11 is 0. The maximum atomic E-state index is 13.2. The number of hydrogen-bond donors (Lipinski definition) is 3. The van der Waals surface area contributed by atoms with Gasteiger partial charge in [-0.25, -0.2) is 4.79 Å². The summed E-state index contributed by atoms with van der Waals surface area (Å²) in [5.74, 6) is -3.11. The van der Waals surface area contributed by atoms with Crippen LogP contribution in [0.3, 0.4) is 0 Å². The van der Waals surface area contributed by atoms with Crippen LogP contribution in [0.5, 0.6) is 0 Å². The van der Waals surface area contributed by atoms with Crippen LogP contribution in [0.25, 0.3) is 0 Å². The molecule has 0 aromatic rings. The standard InChI is InChI=1S/C67H118O12/c1-4-7-10-13-16-19-22-25-28-30-33-35-38-41-44-47-50-53-59(68)75-56-58(77-60(69)54-51-48-45-42-39-37-34-31-29-26-23-20-17-14-11-8-5-2)57-76-67-65(63(72)62(71)64(79-67)66(73)74)78-61(70)55-52-49-46-43-40-36-32-27-24-21-18-15-12-9-6-3/h16-17,19-20,25-26,28-29,58,62-65,67,71-72H,4-15,18,21-24,27,30-57H2,1-3H3,(H,73,74)/b19-16-,20-17-,28-25-,29-26-. The first kappa shape index (κ1) is 73.7. The van der Waals surface area contributed by atoms with Crippen LogP contribution >= 0.6 is 0 Å². The Morgan fingerprint density at radius 2 is 0.759 bits per heavy atom. The molecule has 1 heterocycles. The molecule has 1 fully saturated rings. The van der Waals surface area contributed by atoms with E-state index in [0.717, 1.165) is 103 Å². The zero-order valence-electron chi connectivity index (χ0n) is 50.6. The molecule has 0 saturated carbocycles. The van der Waals surface area contributed by atoms with Crippen LogP contribution in [0.15, 0.2) is 48.6 Å². The van der Waals surface area contributed by atoms with Gasteiger partial charge in [-0.15, -0.1) is 0 Å². The van der Waals surface area contributed by atoms with Crippen molar-refractivity contribution in [3.05, 3.63) is 48.6 Å². The highest BCUT2D eigenvalue weighted by Crippen LogP contribution is 2.27. The quantitative estimate of drug-likeness (QED) is 0.0228. The van der Waals surface area contributed by atoms with Crippen LogP contribution in [-0.4, -0.2) is 89.2 Å². The van der Waals surface area contributed by atoms with Crippen LogP contribution in [0.2, 0.25) is 0 Å². The van der Waals surface area contributed by atoms with E-state index >= 15 is 0 Å². The van der Waals surface area contributed by atoms with E-state index in [-0.39, 0.29) is 25.9 Å². The molecule has 0 aliphatic carbocycles. The summed E-state index contributed by atoms with van der Waals surface area (Å²) in [7, 11) is 0. The van der Waals surface area contributed by atoms with Gasteiger partial charge in [-0.2, -0.15) is 0 Å². The van der Waals surface area contributed by atoms with Crippen LogP contribution < -0.4 is 0 Å². The van der Waals surface area contributed by atoms with E-state index in [9.17, 15) is 34.5 Å². The van der Waals surface area contributed by atoms with Crippen molar-refractivity contribution in [3.8, 4) is 0 Å². The van der Waals surface area contributed by atoms with Crippen LogP contribution in [0.4, 0.5) is 0 Å². The third-order valence-electron chi connectivity index (χ3n) is 14.9. The van der Waals surface area contributed by atoms with Crippen molar-refractivity contribution < 1.29 is 58.2 Å². The largest absolute Gasteiger partial charge is 0.479 e. The summed E-state index contributed by atoms with van der Waals surface area (Å²) in [6, 6.07) is 0. The molecule has 0 aromatic heterocycles. The summed E-state index contributed by atoms with van der Waals surface area (Å²) in [6.07, 6.45) is 54.9. The fourth-order valence-corrected chi connectivity index (χ4v) is 9.84. The lowest BCUT2D eigenvalue weighted by Crippen LogP contribution is -2.61. The van der Waals surface area contributed by atoms with Crippen molar-refractivity contribution in [2.24, 2.45) is 0 Å². The number of unbranched alkanes of at least 4 members (excludes halogenated alkanes) is 34. The number of hydrogen-bond acceptors (Lipinski definition) is 11. The minimum absolute atomic E-state index is 0.0631. The summed E-state index contributed by atoms with van der Waals surface area (Å²) in [5, 5.41) is 31.6. The number of aliphatic hydroxyl groups is 2. The Labute approximate surface area is 482 Å². The minimum Gasteiger partial charge on any atom is -0.479 e. The fraction of sp³-hybridized carbons (Fsp3) is 0.821. The molecule has 0 bridgehead atoms. The number of ether oxygens (including phenoxy) is 5. The number of carbonyl (C=O) groups is 4. The molecule has 1 aliphatic rings. The first-order valence-electron chi connectivity index (χ1n) is 32.6. The zero-order valence-corrected chi connectivity index (χ0v) is 50.6. The van der Waals surface area contributed by atoms with Gasteiger partial charge in [0.2, 0.25) is 0 Å². The Morgan fingerprint density at radius 1 is 0.418 bits per heavy atom. The average molecular weight is 1120 g/mol. The summed E-state index contributed by atoms with van der Waals surface area (Å²) in [6.45, 7) is 5.97. The van der Waals surface area contributed by atoms with Crippen molar-refractivity contribution in [2.45, 2.75) is 340 Å². The number of aliphatic carboxylic acids is 1. The molecule has 1 saturated heterocycles. The smallest absolute Gasteiger partial charge is 0.335 e. The number of esters is 3. The second-order valence-corrected chi connectivity index (χ2v) is 22.4. The molecular weight excluding hydrogens is 997 g/mol. The molecule has 6 unspecified atom stereocenters. The van der Waals surface area contributed by atoms with Gasteiger partial charge in [-0.05, 0) is 83.5 Å². The number of carboxylic acid groups (broad SMARTS) is 1. The molecule has 1 rings (SSSR count). The predicted molar refractivity (Wildman–Crippen MR) is 322 cm³/mol. The highest BCUT2D eigenvalue weighted by molar-refractivity contribution is 5.74. The Bertz CT molecular complexity index is 1560. The topological polar surface area (TPSA) is 175 Å². The van der Waals surface area contributed by atoms with Crippen LogP contribution in [0.1, 0.15) is 303 Å². The van der Waals surface area contributed by atoms with Crippen molar-refractivity contribution in [1.82, 2.24) is 0 Å². The highest BCUT2D eigenvalue weighted by atomic mass is 16.7. The van der Waals surface area contributed by atoms with Crippen LogP contribution in [0, 0.1) is 0 Å². The monoisotopic (exact) mass is 1110 g/mol. The minimum atomic E-state index is -1.90. The zero-order chi connectivity index (χ0) is 57.5. The van der Waals surface area contributed by atoms with Gasteiger partial charge in [-0.1, -0.05) is 249 Å². The second kappa shape index (κ2) is 55.2. The number of rotatable bonds is 56. The number of allylic oxidation sites excluding steroid dienone is 8. The third-order valence-corrected chi connectivity index (χ3v) is 14.9. The predicted octanol–water partition coefficient (Wildman–Crippen LogP) is 17.3. The molecule has 458 valence electrons. The van der Waals surface area contributed by atoms with E-state index in [1.165, 1.54) is 141 Å². The molecular formula is C67H118O12. The highest BCUT2D eigenvalue weighted by Gasteiger charge is 2.50. The van der Waals surface area contributed by atoms with Gasteiger partial charge in [0.25, 0.3) is 0 Å². The van der Waals surface area contributed by atoms with E-state index in [0.29, 0.717) is 19.3 Å². The molecule has 79 heavy (non-hydrogen) atoms. The lowest BCUT2D eigenvalue weighted by Gasteiger charge is -2.40. The average Bonchev–Trinajstić information content (AvgIpc) is 3.46. The second-order valence-electron chi connectivity index (χ2n) is 22.4. The van der Waals surface area contributed by atoms with Crippen molar-refractivity contribution in [3.63, 3.8) is 0 Å². The van der Waals surface area contributed by atoms with Crippen LogP contribution in [-0.2, 0) is 42.9 Å². The van der Waals surface area contributed by atoms with Gasteiger partial charge in [0.05, 0.1) is 6.61 Å². The summed E-state index contributed by atoms with van der Waals surface area (Å²) < 4.78 is 28.5. The lowest BCUT2D eigenvalue weighted by molar-refractivity contribution is -0.301. The van der Waals surface area contributed by atoms with Crippen molar-refractivity contribution in [2.75, 3.05) is 13.2 Å². The molecule has 0 radical (unpaired) electrons. The summed E-state index contributed by atoms with van der Waals surface area (Å²) in [5.41, 5.74) is 0. The lowest BCUT2D eigenvalue weighted by atomic mass is 9.98. The number of aliphatic hydroxyl groups excluding tert-OH is 2. The molecule has 12 nitrogen and oxygen atoms in total. The molecule has 0 amide bonds. The first-order chi connectivity index (χ1) is 38.6. The molecule has 3 N–H and O–H groups in total. The first-order valence-corrected chi connectivity index (χ1v) is 32.6. The molecule has 12 heteroatoms. The Hall–Kier alpha value is -3.32.